The predicted octanol–water partition coefficient (Wildman–Crippen LogP) is 1.67. The van der Waals surface area contributed by atoms with Crippen molar-refractivity contribution in [1.82, 2.24) is 0 Å². The van der Waals surface area contributed by atoms with Gasteiger partial charge < -0.3 is 14.7 Å². The van der Waals surface area contributed by atoms with Crippen LogP contribution in [-0.4, -0.2) is 44.6 Å². The maximum Gasteiger partial charge on any atom is 0.101 e. The quantitative estimate of drug-likeness (QED) is 0.612. The van der Waals surface area contributed by atoms with Crippen LogP contribution in [0.25, 0.3) is 0 Å². The number of halogens is 6. The van der Waals surface area contributed by atoms with Gasteiger partial charge in [-0.25, -0.2) is 0 Å². The Bertz CT molecular complexity index is 212. The van der Waals surface area contributed by atoms with Crippen LogP contribution in [0.5, 0.6) is 0 Å². The van der Waals surface area contributed by atoms with Gasteiger partial charge in [-0.3, -0.25) is 0 Å². The van der Waals surface area contributed by atoms with Gasteiger partial charge in [0.15, 0.2) is 0 Å². The first-order chi connectivity index (χ1) is 7.38. The summed E-state index contributed by atoms with van der Waals surface area (Å²) in [6.07, 6.45) is 0.926. The Hall–Kier alpha value is -0.110. The molecule has 0 amide bonds. The molecular weight excluding hydrogens is 275 g/mol. The molecule has 1 heterocycles. The van der Waals surface area contributed by atoms with Crippen LogP contribution in [0.1, 0.15) is 6.42 Å². The third-order valence-electron chi connectivity index (χ3n) is 1.89. The smallest absolute Gasteiger partial charge is 0.101 e. The molecule has 0 aliphatic carbocycles. The second kappa shape index (κ2) is 5.26. The van der Waals surface area contributed by atoms with E-state index in [1.165, 1.54) is 0 Å². The molecule has 3 nitrogen and oxygen atoms in total. The van der Waals surface area contributed by atoms with Gasteiger partial charge in [0.05, 0.1) is 19.8 Å². The van der Waals surface area contributed by atoms with Crippen molar-refractivity contribution < 1.29 is 39.9 Å². The zero-order valence-corrected chi connectivity index (χ0v) is 9.91. The molecule has 17 heavy (non-hydrogen) atoms. The summed E-state index contributed by atoms with van der Waals surface area (Å²) in [7, 11) is -10.7. The molecule has 0 radical (unpaired) electrons. The van der Waals surface area contributed by atoms with Gasteiger partial charge in [0.1, 0.15) is 13.1 Å². The summed E-state index contributed by atoms with van der Waals surface area (Å²) < 4.78 is 64.4. The van der Waals surface area contributed by atoms with Gasteiger partial charge in [0.25, 0.3) is 0 Å². The Morgan fingerprint density at radius 3 is 1.76 bits per heavy atom. The van der Waals surface area contributed by atoms with E-state index >= 15 is 0 Å². The molecule has 1 fully saturated rings. The summed E-state index contributed by atoms with van der Waals surface area (Å²) in [5.41, 5.74) is 0. The van der Waals surface area contributed by atoms with E-state index in [1.54, 1.807) is 4.90 Å². The van der Waals surface area contributed by atoms with Crippen LogP contribution in [0.4, 0.5) is 25.2 Å². The third kappa shape index (κ3) is 21.7. The number of morpholine rings is 1. The number of nitrogens with one attached hydrogen (secondary N) is 1. The number of rotatable bonds is 3. The van der Waals surface area contributed by atoms with Gasteiger partial charge in [0.2, 0.25) is 0 Å². The van der Waals surface area contributed by atoms with E-state index in [2.05, 4.69) is 0 Å². The number of hydrogen-bond donors (Lipinski definition) is 2. The molecule has 0 saturated carbocycles. The van der Waals surface area contributed by atoms with Crippen LogP contribution >= 0.6 is 7.81 Å². The van der Waals surface area contributed by atoms with Crippen LogP contribution in [-0.2, 0) is 4.74 Å². The Labute approximate surface area is 94.6 Å². The number of hydrogen-bond acceptors (Lipinski definition) is 2. The number of quaternary nitrogens is 1. The summed E-state index contributed by atoms with van der Waals surface area (Å²) in [4.78, 5) is 1.57. The summed E-state index contributed by atoms with van der Waals surface area (Å²) in [6.45, 7) is 5.42. The number of aliphatic hydroxyl groups excluding tert-OH is 1. The van der Waals surface area contributed by atoms with Gasteiger partial charge in [0, 0.05) is 13.0 Å². The largest absolute Gasteiger partial charge is 0.396 e. The first kappa shape index (κ1) is 16.9. The van der Waals surface area contributed by atoms with Crippen LogP contribution < -0.4 is 4.90 Å². The molecule has 1 saturated heterocycles. The maximum atomic E-state index is 9.87. The molecule has 0 aromatic rings. The fraction of sp³-hybridized carbons (Fsp3) is 1.00. The second-order valence-electron chi connectivity index (χ2n) is 3.65. The summed E-state index contributed by atoms with van der Waals surface area (Å²) in [6, 6.07) is 0. The Kier molecular flexibility index (Phi) is 5.22. The van der Waals surface area contributed by atoms with E-state index < -0.39 is 7.81 Å². The average molecular weight is 291 g/mol. The van der Waals surface area contributed by atoms with Crippen molar-refractivity contribution in [2.24, 2.45) is 0 Å². The molecule has 1 rings (SSSR count). The topological polar surface area (TPSA) is 33.9 Å². The minimum atomic E-state index is -10.7. The third-order valence-corrected chi connectivity index (χ3v) is 1.89. The van der Waals surface area contributed by atoms with Crippen LogP contribution in [0.3, 0.4) is 0 Å². The van der Waals surface area contributed by atoms with Crippen molar-refractivity contribution >= 4 is 7.81 Å². The van der Waals surface area contributed by atoms with Crippen molar-refractivity contribution in [3.63, 3.8) is 0 Å². The molecule has 10 heteroatoms. The fourth-order valence-electron chi connectivity index (χ4n) is 1.24. The van der Waals surface area contributed by atoms with Crippen LogP contribution in [0.2, 0.25) is 0 Å². The summed E-state index contributed by atoms with van der Waals surface area (Å²) in [5, 5.41) is 8.55. The number of aliphatic hydroxyl groups is 1. The molecule has 108 valence electrons. The summed E-state index contributed by atoms with van der Waals surface area (Å²) >= 11 is 0. The normalized spacial score (nSPS) is 22.1. The Morgan fingerprint density at radius 2 is 1.41 bits per heavy atom. The molecule has 0 bridgehead atoms. The predicted molar refractivity (Wildman–Crippen MR) is 51.7 cm³/mol. The second-order valence-corrected chi connectivity index (χ2v) is 5.56. The molecule has 1 aliphatic rings. The standard InChI is InChI=1S/C7H15NO2.F6P/c9-5-1-2-8-3-6-10-7-4-8;1-7(2,3,4,5)6/h9H,1-7H2;/q;-1/p+1. The van der Waals surface area contributed by atoms with Crippen LogP contribution in [0, 0.1) is 0 Å². The van der Waals surface area contributed by atoms with E-state index in [0.717, 1.165) is 39.3 Å². The SMILES string of the molecule is F[P-](F)(F)(F)(F)F.OCCC[NH+]1CCOCC1. The minimum Gasteiger partial charge on any atom is -0.396 e. The van der Waals surface area contributed by atoms with Gasteiger partial charge in [-0.05, 0) is 0 Å². The van der Waals surface area contributed by atoms with Crippen molar-refractivity contribution in [1.29, 1.82) is 0 Å². The van der Waals surface area contributed by atoms with E-state index in [4.69, 9.17) is 9.84 Å². The maximum absolute atomic E-state index is 10.7. The first-order valence-corrected chi connectivity index (χ1v) is 7.00. The first-order valence-electron chi connectivity index (χ1n) is 4.97. The molecular formula is C7H16F6NO2P. The van der Waals surface area contributed by atoms with E-state index in [1.807, 2.05) is 0 Å². The number of ether oxygens (including phenoxy) is 1. The molecule has 0 unspecified atom stereocenters. The zero-order chi connectivity index (χ0) is 13.6. The van der Waals surface area contributed by atoms with Crippen molar-refractivity contribution in [2.45, 2.75) is 6.42 Å². The van der Waals surface area contributed by atoms with Crippen molar-refractivity contribution in [3.8, 4) is 0 Å². The van der Waals surface area contributed by atoms with E-state index in [9.17, 15) is 25.2 Å². The average Bonchev–Trinajstić information content (AvgIpc) is 2.11. The molecule has 2 N–H and O–H groups in total. The molecule has 0 aromatic carbocycles. The van der Waals surface area contributed by atoms with Gasteiger partial charge in [-0.1, -0.05) is 0 Å². The minimum absolute atomic E-state index is 0.324. The van der Waals surface area contributed by atoms with E-state index in [0.29, 0.717) is 6.61 Å². The monoisotopic (exact) mass is 291 g/mol. The zero-order valence-electron chi connectivity index (χ0n) is 9.02. The van der Waals surface area contributed by atoms with Gasteiger partial charge in [-0.15, -0.1) is 0 Å². The van der Waals surface area contributed by atoms with E-state index in [-0.39, 0.29) is 0 Å². The van der Waals surface area contributed by atoms with Crippen LogP contribution in [0.15, 0.2) is 0 Å². The van der Waals surface area contributed by atoms with Crippen molar-refractivity contribution in [2.75, 3.05) is 39.5 Å². The van der Waals surface area contributed by atoms with Gasteiger partial charge in [-0.2, -0.15) is 0 Å². The molecule has 1 aliphatic heterocycles. The van der Waals surface area contributed by atoms with Crippen molar-refractivity contribution in [3.05, 3.63) is 0 Å². The van der Waals surface area contributed by atoms with Gasteiger partial charge >= 0.3 is 33.0 Å². The Balaban J connectivity index is 0.000000325. The summed E-state index contributed by atoms with van der Waals surface area (Å²) in [5.74, 6) is 0. The molecule has 0 spiro atoms. The molecule has 0 aromatic heterocycles. The fourth-order valence-corrected chi connectivity index (χ4v) is 1.24. The molecule has 0 atom stereocenters. The Morgan fingerprint density at radius 1 is 1.00 bits per heavy atom.